The zero-order valence-electron chi connectivity index (χ0n) is 21.9. The van der Waals surface area contributed by atoms with Crippen LogP contribution < -0.4 is 0 Å². The summed E-state index contributed by atoms with van der Waals surface area (Å²) in [5.74, 6) is 6.05. The second-order valence-corrected chi connectivity index (χ2v) is 7.35. The molecule has 5 heterocycles. The van der Waals surface area contributed by atoms with Gasteiger partial charge in [-0.05, 0) is 55.4 Å². The number of aryl methyl sites for hydroxylation is 10. The van der Waals surface area contributed by atoms with Crippen LogP contribution >= 0.6 is 0 Å². The first-order valence-electron chi connectivity index (χ1n) is 10.6. The largest absolute Gasteiger partial charge is 0.361 e. The van der Waals surface area contributed by atoms with E-state index in [4.69, 9.17) is 9.05 Å². The summed E-state index contributed by atoms with van der Waals surface area (Å²) in [6.07, 6.45) is 0. The molecule has 0 unspecified atom stereocenters. The van der Waals surface area contributed by atoms with Crippen molar-refractivity contribution in [3.63, 3.8) is 0 Å². The quantitative estimate of drug-likeness (QED) is 0.327. The minimum absolute atomic E-state index is 0.623. The number of hydrogen-bond donors (Lipinski definition) is 1. The highest BCUT2D eigenvalue weighted by molar-refractivity contribution is 5.00. The summed E-state index contributed by atoms with van der Waals surface area (Å²) in [6, 6.07) is 3.78. The smallest absolute Gasteiger partial charge is 0.223 e. The Bertz CT molecular complexity index is 929. The molecule has 5 rings (SSSR count). The van der Waals surface area contributed by atoms with Gasteiger partial charge < -0.3 is 18.1 Å². The van der Waals surface area contributed by atoms with Crippen LogP contribution in [-0.4, -0.2) is 45.8 Å². The van der Waals surface area contributed by atoms with E-state index in [1.807, 2.05) is 53.7 Å². The van der Waals surface area contributed by atoms with Crippen LogP contribution in [0.2, 0.25) is 0 Å². The highest BCUT2D eigenvalue weighted by Crippen LogP contribution is 1.97. The molecule has 0 aliphatic carbocycles. The maximum atomic E-state index is 4.71. The van der Waals surface area contributed by atoms with Crippen molar-refractivity contribution in [3.05, 3.63) is 70.1 Å². The van der Waals surface area contributed by atoms with E-state index in [1.165, 1.54) is 0 Å². The Morgan fingerprint density at radius 3 is 1.03 bits per heavy atom. The maximum absolute atomic E-state index is 4.71. The third-order valence-electron chi connectivity index (χ3n) is 3.46. The molecule has 13 heteroatoms. The zero-order chi connectivity index (χ0) is 26.4. The van der Waals surface area contributed by atoms with Crippen LogP contribution in [0.25, 0.3) is 0 Å². The fraction of sp³-hybridized carbons (Fsp3) is 0.455. The van der Waals surface area contributed by atoms with Crippen LogP contribution in [0, 0.1) is 69.2 Å². The average Bonchev–Trinajstić information content (AvgIpc) is 3.59. The summed E-state index contributed by atoms with van der Waals surface area (Å²) < 4.78 is 18.6. The van der Waals surface area contributed by atoms with Crippen LogP contribution in [0.5, 0.6) is 0 Å². The minimum Gasteiger partial charge on any atom is -0.361 e. The third kappa shape index (κ3) is 13.9. The summed E-state index contributed by atoms with van der Waals surface area (Å²) in [4.78, 5) is 11.6. The molecule has 0 aromatic carbocycles. The van der Waals surface area contributed by atoms with E-state index in [-0.39, 0.29) is 0 Å². The molecule has 1 N–H and O–H groups in total. The lowest BCUT2D eigenvalue weighted by Gasteiger charge is -1.68. The summed E-state index contributed by atoms with van der Waals surface area (Å²) in [5, 5.41) is 20.8. The molecule has 0 fully saturated rings. The van der Waals surface area contributed by atoms with Crippen molar-refractivity contribution in [2.45, 2.75) is 69.2 Å². The van der Waals surface area contributed by atoms with Gasteiger partial charge in [0.15, 0.2) is 11.6 Å². The summed E-state index contributed by atoms with van der Waals surface area (Å²) >= 11 is 0. The van der Waals surface area contributed by atoms with Crippen molar-refractivity contribution in [1.82, 2.24) is 45.8 Å². The minimum atomic E-state index is 0.623. The second kappa shape index (κ2) is 14.9. The molecule has 0 spiro atoms. The monoisotopic (exact) mass is 487 g/mol. The molecular formula is C22H33N9O4. The van der Waals surface area contributed by atoms with Crippen molar-refractivity contribution in [1.29, 1.82) is 0 Å². The molecule has 0 atom stereocenters. The topological polar surface area (TPSA) is 171 Å². The van der Waals surface area contributed by atoms with E-state index >= 15 is 0 Å². The molecule has 190 valence electrons. The Balaban J connectivity index is 0.000000219. The van der Waals surface area contributed by atoms with E-state index in [9.17, 15) is 0 Å². The van der Waals surface area contributed by atoms with Crippen molar-refractivity contribution in [2.24, 2.45) is 0 Å². The van der Waals surface area contributed by atoms with Crippen LogP contribution in [0.4, 0.5) is 0 Å². The van der Waals surface area contributed by atoms with Gasteiger partial charge in [0.25, 0.3) is 0 Å². The standard InChI is InChI=1S/2C5H7NO.C4H7N3.2C4H6N2O/c2*1-4-3-5(2)7-6-4;3*1-3-5-4(2)7-6-3/h2*3H,1-2H3;1-2H3,(H,5,6,7);2*1-2H3. The summed E-state index contributed by atoms with van der Waals surface area (Å²) in [7, 11) is 0. The molecule has 0 saturated carbocycles. The Morgan fingerprint density at radius 1 is 0.514 bits per heavy atom. The Labute approximate surface area is 203 Å². The van der Waals surface area contributed by atoms with E-state index in [0.717, 1.165) is 34.6 Å². The maximum Gasteiger partial charge on any atom is 0.223 e. The Hall–Kier alpha value is -4.16. The number of aromatic amines is 1. The van der Waals surface area contributed by atoms with Gasteiger partial charge in [-0.2, -0.15) is 15.1 Å². The van der Waals surface area contributed by atoms with Crippen molar-refractivity contribution in [3.8, 4) is 0 Å². The predicted molar refractivity (Wildman–Crippen MR) is 125 cm³/mol. The number of hydrogen-bond acceptors (Lipinski definition) is 12. The molecule has 0 aliphatic heterocycles. The lowest BCUT2D eigenvalue weighted by atomic mass is 10.4. The lowest BCUT2D eigenvalue weighted by molar-refractivity contribution is 0.389. The van der Waals surface area contributed by atoms with E-state index in [1.54, 1.807) is 27.7 Å². The highest BCUT2D eigenvalue weighted by Gasteiger charge is 1.91. The van der Waals surface area contributed by atoms with Gasteiger partial charge in [0.2, 0.25) is 11.8 Å². The Morgan fingerprint density at radius 2 is 0.943 bits per heavy atom. The molecule has 0 saturated heterocycles. The highest BCUT2D eigenvalue weighted by atomic mass is 16.5. The fourth-order valence-corrected chi connectivity index (χ4v) is 2.24. The molecule has 0 bridgehead atoms. The predicted octanol–water partition coefficient (Wildman–Crippen LogP) is 4.38. The zero-order valence-corrected chi connectivity index (χ0v) is 21.9. The molecular weight excluding hydrogens is 454 g/mol. The summed E-state index contributed by atoms with van der Waals surface area (Å²) in [5.41, 5.74) is 1.88. The molecule has 35 heavy (non-hydrogen) atoms. The number of aromatic nitrogens is 9. The van der Waals surface area contributed by atoms with Gasteiger partial charge in [-0.25, -0.2) is 4.98 Å². The fourth-order valence-electron chi connectivity index (χ4n) is 2.24. The van der Waals surface area contributed by atoms with Gasteiger partial charge in [-0.1, -0.05) is 20.6 Å². The second-order valence-electron chi connectivity index (χ2n) is 7.35. The normalized spacial score (nSPS) is 9.43. The van der Waals surface area contributed by atoms with Crippen LogP contribution in [-0.2, 0) is 0 Å². The SMILES string of the molecule is Cc1cc(C)on1.Cc1cc(C)on1.Cc1n[nH]c(C)n1.Cc1noc(C)n1.Cc1noc(C)n1. The van der Waals surface area contributed by atoms with Gasteiger partial charge in [-0.15, -0.1) is 0 Å². The molecule has 0 aliphatic rings. The molecule has 0 radical (unpaired) electrons. The lowest BCUT2D eigenvalue weighted by Crippen LogP contribution is -1.70. The van der Waals surface area contributed by atoms with Gasteiger partial charge in [0, 0.05) is 26.0 Å². The average molecular weight is 488 g/mol. The molecule has 13 nitrogen and oxygen atoms in total. The first kappa shape index (κ1) is 28.9. The van der Waals surface area contributed by atoms with Crippen LogP contribution in [0.15, 0.2) is 30.2 Å². The Kier molecular flexibility index (Phi) is 12.3. The van der Waals surface area contributed by atoms with Gasteiger partial charge in [-0.3, -0.25) is 5.10 Å². The number of nitrogens with one attached hydrogen (secondary N) is 1. The van der Waals surface area contributed by atoms with E-state index < -0.39 is 0 Å². The van der Waals surface area contributed by atoms with E-state index in [0.29, 0.717) is 23.4 Å². The van der Waals surface area contributed by atoms with Crippen LogP contribution in [0.3, 0.4) is 0 Å². The summed E-state index contributed by atoms with van der Waals surface area (Å²) in [6.45, 7) is 18.4. The van der Waals surface area contributed by atoms with Crippen LogP contribution in [0.1, 0.15) is 58.0 Å². The first-order chi connectivity index (χ1) is 16.4. The van der Waals surface area contributed by atoms with Gasteiger partial charge >= 0.3 is 0 Å². The third-order valence-corrected chi connectivity index (χ3v) is 3.46. The van der Waals surface area contributed by atoms with Crippen molar-refractivity contribution >= 4 is 0 Å². The first-order valence-corrected chi connectivity index (χ1v) is 10.6. The molecule has 0 amide bonds. The van der Waals surface area contributed by atoms with E-state index in [2.05, 4.69) is 54.8 Å². The molecule has 5 aromatic heterocycles. The van der Waals surface area contributed by atoms with Crippen molar-refractivity contribution < 1.29 is 18.1 Å². The number of rotatable bonds is 0. The van der Waals surface area contributed by atoms with Crippen molar-refractivity contribution in [2.75, 3.05) is 0 Å². The van der Waals surface area contributed by atoms with Gasteiger partial charge in [0.05, 0.1) is 11.4 Å². The van der Waals surface area contributed by atoms with Gasteiger partial charge in [0.1, 0.15) is 23.2 Å². The number of H-pyrrole nitrogens is 1. The number of nitrogens with zero attached hydrogens (tertiary/aromatic N) is 8. The molecule has 5 aromatic rings.